The second-order valence-corrected chi connectivity index (χ2v) is 7.06. The maximum atomic E-state index is 12.8. The minimum atomic E-state index is -4.17. The molecule has 2 rings (SSSR count). The molecule has 27 heavy (non-hydrogen) atoms. The molecule has 0 fully saturated rings. The van der Waals surface area contributed by atoms with Crippen LogP contribution in [-0.4, -0.2) is 34.2 Å². The minimum Gasteiger partial charge on any atom is -0.497 e. The van der Waals surface area contributed by atoms with Gasteiger partial charge in [-0.25, -0.2) is 8.42 Å². The molecule has 0 aromatic heterocycles. The fourth-order valence-electron chi connectivity index (χ4n) is 2.25. The zero-order valence-corrected chi connectivity index (χ0v) is 15.9. The number of benzene rings is 2. The van der Waals surface area contributed by atoms with Crippen LogP contribution in [0, 0.1) is 10.1 Å². The fourth-order valence-corrected chi connectivity index (χ4v) is 3.51. The Morgan fingerprint density at radius 3 is 2.37 bits per heavy atom. The van der Waals surface area contributed by atoms with Crippen LogP contribution in [0.15, 0.2) is 41.3 Å². The third-order valence-corrected chi connectivity index (χ3v) is 4.93. The molecular weight excluding hydrogens is 376 g/mol. The zero-order valence-electron chi connectivity index (χ0n) is 15.1. The molecule has 0 unspecified atom stereocenters. The van der Waals surface area contributed by atoms with Crippen LogP contribution in [0.5, 0.6) is 17.2 Å². The first-order chi connectivity index (χ1) is 12.8. The Kier molecular flexibility index (Phi) is 6.45. The Hall–Kier alpha value is -3.01. The lowest BCUT2D eigenvalue weighted by molar-refractivity contribution is -0.384. The van der Waals surface area contributed by atoms with Crippen LogP contribution < -0.4 is 18.9 Å². The summed E-state index contributed by atoms with van der Waals surface area (Å²) in [6.45, 7) is 2.29. The molecule has 0 saturated carbocycles. The summed E-state index contributed by atoms with van der Waals surface area (Å²) in [5, 5.41) is 11.4. The van der Waals surface area contributed by atoms with Gasteiger partial charge in [0.2, 0.25) is 0 Å². The van der Waals surface area contributed by atoms with Gasteiger partial charge in [0.05, 0.1) is 31.8 Å². The number of rotatable bonds is 9. The van der Waals surface area contributed by atoms with Crippen molar-refractivity contribution in [2.75, 3.05) is 25.5 Å². The van der Waals surface area contributed by atoms with Crippen LogP contribution >= 0.6 is 0 Å². The standard InChI is InChI=1S/C17H20N2O7S/c1-4-9-26-13-5-7-14(15(10-13)19(20)21)18-27(22,23)17-11-12(24-2)6-8-16(17)25-3/h5-8,10-11,18H,4,9H2,1-3H3. The number of nitro groups is 1. The van der Waals surface area contributed by atoms with Crippen molar-refractivity contribution in [3.8, 4) is 17.2 Å². The monoisotopic (exact) mass is 396 g/mol. The van der Waals surface area contributed by atoms with E-state index in [2.05, 4.69) is 4.72 Å². The summed E-state index contributed by atoms with van der Waals surface area (Å²) in [7, 11) is -1.46. The van der Waals surface area contributed by atoms with Crippen molar-refractivity contribution in [1.29, 1.82) is 0 Å². The first kappa shape index (κ1) is 20.3. The molecule has 0 radical (unpaired) electrons. The minimum absolute atomic E-state index is 0.0776. The van der Waals surface area contributed by atoms with E-state index in [0.29, 0.717) is 12.4 Å². The van der Waals surface area contributed by atoms with Gasteiger partial charge in [0.1, 0.15) is 27.8 Å². The predicted octanol–water partition coefficient (Wildman–Crippen LogP) is 3.20. The summed E-state index contributed by atoms with van der Waals surface area (Å²) in [4.78, 5) is 10.5. The maximum Gasteiger partial charge on any atom is 0.297 e. The summed E-state index contributed by atoms with van der Waals surface area (Å²) >= 11 is 0. The largest absolute Gasteiger partial charge is 0.497 e. The van der Waals surface area contributed by atoms with E-state index in [0.717, 1.165) is 6.42 Å². The number of nitro benzene ring substituents is 1. The molecule has 0 amide bonds. The molecule has 0 heterocycles. The summed E-state index contributed by atoms with van der Waals surface area (Å²) < 4.78 is 43.3. The van der Waals surface area contributed by atoms with Crippen molar-refractivity contribution < 1.29 is 27.6 Å². The number of nitrogens with zero attached hydrogens (tertiary/aromatic N) is 1. The number of sulfonamides is 1. The van der Waals surface area contributed by atoms with Crippen molar-refractivity contribution >= 4 is 21.4 Å². The molecule has 0 aliphatic heterocycles. The van der Waals surface area contributed by atoms with Gasteiger partial charge in [0.25, 0.3) is 15.7 Å². The summed E-state index contributed by atoms with van der Waals surface area (Å²) in [6.07, 6.45) is 0.734. The highest BCUT2D eigenvalue weighted by Crippen LogP contribution is 2.34. The molecule has 0 aliphatic rings. The molecule has 2 aromatic carbocycles. The number of ether oxygens (including phenoxy) is 3. The van der Waals surface area contributed by atoms with Gasteiger partial charge in [-0.1, -0.05) is 6.92 Å². The van der Waals surface area contributed by atoms with E-state index in [9.17, 15) is 18.5 Å². The van der Waals surface area contributed by atoms with Gasteiger partial charge < -0.3 is 14.2 Å². The molecule has 0 spiro atoms. The van der Waals surface area contributed by atoms with Crippen LogP contribution in [0.1, 0.15) is 13.3 Å². The Balaban J connectivity index is 2.44. The second kappa shape index (κ2) is 8.58. The number of hydrogen-bond donors (Lipinski definition) is 1. The van der Waals surface area contributed by atoms with Gasteiger partial charge in [-0.3, -0.25) is 14.8 Å². The SMILES string of the molecule is CCCOc1ccc(NS(=O)(=O)c2cc(OC)ccc2OC)c([N+](=O)[O-])c1. The van der Waals surface area contributed by atoms with Gasteiger partial charge in [-0.2, -0.15) is 0 Å². The Bertz CT molecular complexity index is 929. The zero-order chi connectivity index (χ0) is 20.0. The molecule has 0 bridgehead atoms. The normalized spacial score (nSPS) is 10.9. The van der Waals surface area contributed by atoms with E-state index >= 15 is 0 Å². The highest BCUT2D eigenvalue weighted by Gasteiger charge is 2.25. The molecule has 9 nitrogen and oxygen atoms in total. The smallest absolute Gasteiger partial charge is 0.297 e. The van der Waals surface area contributed by atoms with E-state index in [1.165, 1.54) is 44.6 Å². The summed E-state index contributed by atoms with van der Waals surface area (Å²) in [5.74, 6) is 0.660. The average Bonchev–Trinajstić information content (AvgIpc) is 2.66. The van der Waals surface area contributed by atoms with Crippen LogP contribution in [-0.2, 0) is 10.0 Å². The van der Waals surface area contributed by atoms with E-state index in [-0.39, 0.29) is 22.1 Å². The van der Waals surface area contributed by atoms with Gasteiger partial charge >= 0.3 is 0 Å². The quantitative estimate of drug-likeness (QED) is 0.511. The third-order valence-electron chi connectivity index (χ3n) is 3.54. The van der Waals surface area contributed by atoms with Crippen molar-refractivity contribution in [2.45, 2.75) is 18.2 Å². The number of hydrogen-bond acceptors (Lipinski definition) is 7. The number of methoxy groups -OCH3 is 2. The van der Waals surface area contributed by atoms with Crippen molar-refractivity contribution in [1.82, 2.24) is 0 Å². The van der Waals surface area contributed by atoms with Crippen molar-refractivity contribution in [2.24, 2.45) is 0 Å². The first-order valence-electron chi connectivity index (χ1n) is 7.98. The van der Waals surface area contributed by atoms with Gasteiger partial charge in [0, 0.05) is 6.07 Å². The molecule has 10 heteroatoms. The fraction of sp³-hybridized carbons (Fsp3) is 0.294. The van der Waals surface area contributed by atoms with E-state index in [1.54, 1.807) is 6.07 Å². The van der Waals surface area contributed by atoms with Crippen molar-refractivity contribution in [3.63, 3.8) is 0 Å². The lowest BCUT2D eigenvalue weighted by Gasteiger charge is -2.13. The number of anilines is 1. The average molecular weight is 396 g/mol. The van der Waals surface area contributed by atoms with Gasteiger partial charge in [-0.05, 0) is 30.7 Å². The Morgan fingerprint density at radius 1 is 1.07 bits per heavy atom. The lowest BCUT2D eigenvalue weighted by atomic mass is 10.2. The Labute approximate surface area is 157 Å². The van der Waals surface area contributed by atoms with E-state index in [4.69, 9.17) is 14.2 Å². The van der Waals surface area contributed by atoms with Crippen LogP contribution in [0.4, 0.5) is 11.4 Å². The summed E-state index contributed by atoms with van der Waals surface area (Å²) in [6, 6.07) is 8.17. The van der Waals surface area contributed by atoms with Crippen LogP contribution in [0.3, 0.4) is 0 Å². The van der Waals surface area contributed by atoms with Crippen LogP contribution in [0.25, 0.3) is 0 Å². The third kappa shape index (κ3) is 4.79. The van der Waals surface area contributed by atoms with Gasteiger partial charge in [-0.15, -0.1) is 0 Å². The highest BCUT2D eigenvalue weighted by atomic mass is 32.2. The van der Waals surface area contributed by atoms with Crippen LogP contribution in [0.2, 0.25) is 0 Å². The first-order valence-corrected chi connectivity index (χ1v) is 9.46. The van der Waals surface area contributed by atoms with E-state index in [1.807, 2.05) is 6.92 Å². The molecule has 146 valence electrons. The summed E-state index contributed by atoms with van der Waals surface area (Å²) in [5.41, 5.74) is -0.609. The van der Waals surface area contributed by atoms with Gasteiger partial charge in [0.15, 0.2) is 0 Å². The lowest BCUT2D eigenvalue weighted by Crippen LogP contribution is -2.15. The molecule has 0 aliphatic carbocycles. The Morgan fingerprint density at radius 2 is 1.78 bits per heavy atom. The predicted molar refractivity (Wildman–Crippen MR) is 99.2 cm³/mol. The molecule has 1 N–H and O–H groups in total. The maximum absolute atomic E-state index is 12.8. The molecular formula is C17H20N2O7S. The second-order valence-electron chi connectivity index (χ2n) is 5.41. The van der Waals surface area contributed by atoms with E-state index < -0.39 is 20.6 Å². The number of nitrogens with one attached hydrogen (secondary N) is 1. The molecule has 0 saturated heterocycles. The van der Waals surface area contributed by atoms with Crippen molar-refractivity contribution in [3.05, 3.63) is 46.5 Å². The highest BCUT2D eigenvalue weighted by molar-refractivity contribution is 7.92. The topological polar surface area (TPSA) is 117 Å². The molecule has 0 atom stereocenters. The molecule has 2 aromatic rings.